The van der Waals surface area contributed by atoms with Crippen molar-refractivity contribution < 1.29 is 5.21 Å². The third-order valence-electron chi connectivity index (χ3n) is 3.87. The zero-order valence-electron chi connectivity index (χ0n) is 10.1. The van der Waals surface area contributed by atoms with Gasteiger partial charge in [0.15, 0.2) is 5.95 Å². The second kappa shape index (κ2) is 3.47. The van der Waals surface area contributed by atoms with Crippen LogP contribution in [-0.2, 0) is 6.42 Å². The Balaban J connectivity index is 1.96. The van der Waals surface area contributed by atoms with Crippen LogP contribution in [0.3, 0.4) is 0 Å². The molecular formula is C14H12N4O. The number of oxime groups is 1. The van der Waals surface area contributed by atoms with Gasteiger partial charge in [0.2, 0.25) is 0 Å². The van der Waals surface area contributed by atoms with Crippen molar-refractivity contribution in [2.45, 2.75) is 12.3 Å². The number of aromatic nitrogens is 2. The minimum absolute atomic E-state index is 0.217. The molecule has 1 unspecified atom stereocenters. The molecule has 1 aromatic heterocycles. The molecule has 1 atom stereocenters. The Kier molecular flexibility index (Phi) is 1.90. The molecule has 0 saturated carbocycles. The molecule has 2 aliphatic carbocycles. The Hall–Kier alpha value is -2.56. The maximum atomic E-state index is 9.30. The molecule has 19 heavy (non-hydrogen) atoms. The molecule has 0 spiro atoms. The van der Waals surface area contributed by atoms with Gasteiger partial charge in [-0.3, -0.25) is 0 Å². The van der Waals surface area contributed by atoms with Crippen LogP contribution >= 0.6 is 0 Å². The summed E-state index contributed by atoms with van der Waals surface area (Å²) in [5.41, 5.74) is 11.4. The van der Waals surface area contributed by atoms with E-state index in [1.165, 1.54) is 5.56 Å². The van der Waals surface area contributed by atoms with Crippen LogP contribution in [-0.4, -0.2) is 20.9 Å². The van der Waals surface area contributed by atoms with Crippen molar-refractivity contribution in [3.63, 3.8) is 0 Å². The number of H-pyrrole nitrogens is 1. The lowest BCUT2D eigenvalue weighted by atomic mass is 9.87. The van der Waals surface area contributed by atoms with Gasteiger partial charge in [-0.2, -0.15) is 0 Å². The van der Waals surface area contributed by atoms with Gasteiger partial charge in [-0.25, -0.2) is 4.98 Å². The van der Waals surface area contributed by atoms with Crippen LogP contribution in [0.15, 0.2) is 35.0 Å². The van der Waals surface area contributed by atoms with E-state index in [4.69, 9.17) is 5.73 Å². The van der Waals surface area contributed by atoms with E-state index in [1.807, 2.05) is 24.3 Å². The Bertz CT molecular complexity index is 742. The third kappa shape index (κ3) is 1.29. The minimum Gasteiger partial charge on any atom is -0.410 e. The summed E-state index contributed by atoms with van der Waals surface area (Å²) in [5, 5.41) is 12.8. The van der Waals surface area contributed by atoms with E-state index >= 15 is 0 Å². The van der Waals surface area contributed by atoms with Gasteiger partial charge in [0.25, 0.3) is 0 Å². The number of benzene rings is 1. The van der Waals surface area contributed by atoms with Gasteiger partial charge >= 0.3 is 0 Å². The lowest BCUT2D eigenvalue weighted by Crippen LogP contribution is -2.10. The predicted molar refractivity (Wildman–Crippen MR) is 72.2 cm³/mol. The Morgan fingerprint density at radius 3 is 3.05 bits per heavy atom. The highest BCUT2D eigenvalue weighted by Crippen LogP contribution is 2.43. The smallest absolute Gasteiger partial charge is 0.198 e. The fourth-order valence-electron chi connectivity index (χ4n) is 3.08. The first-order valence-electron chi connectivity index (χ1n) is 6.15. The maximum Gasteiger partial charge on any atom is 0.198 e. The molecule has 1 heterocycles. The number of nitrogens with zero attached hydrogens (tertiary/aromatic N) is 2. The molecule has 0 radical (unpaired) electrons. The van der Waals surface area contributed by atoms with Gasteiger partial charge in [-0.15, -0.1) is 0 Å². The molecule has 94 valence electrons. The van der Waals surface area contributed by atoms with Gasteiger partial charge < -0.3 is 15.9 Å². The Morgan fingerprint density at radius 2 is 2.21 bits per heavy atom. The molecular weight excluding hydrogens is 240 g/mol. The van der Waals surface area contributed by atoms with Crippen molar-refractivity contribution in [2.75, 3.05) is 5.73 Å². The summed E-state index contributed by atoms with van der Waals surface area (Å²) in [4.78, 5) is 7.34. The number of imidazole rings is 1. The van der Waals surface area contributed by atoms with Crippen LogP contribution in [0.5, 0.6) is 0 Å². The number of nitrogen functional groups attached to an aromatic ring is 1. The van der Waals surface area contributed by atoms with Gasteiger partial charge in [0.1, 0.15) is 5.71 Å². The topological polar surface area (TPSA) is 87.3 Å². The number of nitrogens with one attached hydrogen (secondary N) is 1. The molecule has 0 bridgehead atoms. The monoisotopic (exact) mass is 252 g/mol. The fourth-order valence-corrected chi connectivity index (χ4v) is 3.08. The first kappa shape index (κ1) is 10.4. The second-order valence-corrected chi connectivity index (χ2v) is 4.88. The summed E-state index contributed by atoms with van der Waals surface area (Å²) >= 11 is 0. The molecule has 4 N–H and O–H groups in total. The zero-order chi connectivity index (χ0) is 13.0. The molecule has 0 aliphatic heterocycles. The molecule has 2 aliphatic rings. The molecule has 2 aromatic rings. The Morgan fingerprint density at radius 1 is 1.37 bits per heavy atom. The van der Waals surface area contributed by atoms with E-state index in [-0.39, 0.29) is 5.92 Å². The number of hydrogen-bond donors (Lipinski definition) is 3. The zero-order valence-corrected chi connectivity index (χ0v) is 10.1. The minimum atomic E-state index is 0.217. The normalized spacial score (nSPS) is 21.8. The number of aromatic amines is 1. The van der Waals surface area contributed by atoms with Crippen LogP contribution in [0.25, 0.3) is 6.08 Å². The standard InChI is InChI=1S/C14H12N4O/c15-14-16-11-5-9-7-3-1-2-4-8(7)13(18-19)10(9)6-12(11)17-14/h1-4,6,9,19H,5H2,(H3,15,16,17)/b18-13-. The number of anilines is 1. The lowest BCUT2D eigenvalue weighted by Gasteiger charge is -2.17. The highest BCUT2D eigenvalue weighted by atomic mass is 16.4. The van der Waals surface area contributed by atoms with Gasteiger partial charge in [0, 0.05) is 23.6 Å². The average Bonchev–Trinajstić information content (AvgIpc) is 2.92. The Labute approximate surface area is 109 Å². The summed E-state index contributed by atoms with van der Waals surface area (Å²) in [5.74, 6) is 0.645. The number of fused-ring (bicyclic) bond motifs is 4. The average molecular weight is 252 g/mol. The molecule has 5 heteroatoms. The summed E-state index contributed by atoms with van der Waals surface area (Å²) < 4.78 is 0. The highest BCUT2D eigenvalue weighted by Gasteiger charge is 2.36. The first-order chi connectivity index (χ1) is 9.28. The molecule has 5 nitrogen and oxygen atoms in total. The van der Waals surface area contributed by atoms with Gasteiger partial charge in [-0.05, 0) is 17.2 Å². The molecule has 0 amide bonds. The van der Waals surface area contributed by atoms with Crippen molar-refractivity contribution in [3.8, 4) is 0 Å². The van der Waals surface area contributed by atoms with E-state index in [0.717, 1.165) is 28.9 Å². The van der Waals surface area contributed by atoms with Gasteiger partial charge in [0.05, 0.1) is 5.69 Å². The summed E-state index contributed by atoms with van der Waals surface area (Å²) in [6.45, 7) is 0. The summed E-state index contributed by atoms with van der Waals surface area (Å²) in [6, 6.07) is 8.03. The lowest BCUT2D eigenvalue weighted by molar-refractivity contribution is 0.319. The first-order valence-corrected chi connectivity index (χ1v) is 6.15. The number of allylic oxidation sites excluding steroid dienone is 1. The van der Waals surface area contributed by atoms with Crippen LogP contribution in [0.2, 0.25) is 0 Å². The quantitative estimate of drug-likeness (QED) is 0.494. The van der Waals surface area contributed by atoms with Crippen LogP contribution < -0.4 is 5.73 Å². The summed E-state index contributed by atoms with van der Waals surface area (Å²) in [7, 11) is 0. The van der Waals surface area contributed by atoms with Crippen molar-refractivity contribution in [1.82, 2.24) is 9.97 Å². The van der Waals surface area contributed by atoms with Crippen LogP contribution in [0.1, 0.15) is 28.4 Å². The SMILES string of the molecule is Nc1nc2c([nH]1)CC1C(=C2)/C(=N\O)c2ccccc21. The van der Waals surface area contributed by atoms with E-state index in [2.05, 4.69) is 21.2 Å². The summed E-state index contributed by atoms with van der Waals surface area (Å²) in [6.07, 6.45) is 2.77. The van der Waals surface area contributed by atoms with E-state index in [0.29, 0.717) is 11.7 Å². The molecule has 1 aromatic carbocycles. The molecule has 0 saturated heterocycles. The number of nitrogens with two attached hydrogens (primary N) is 1. The highest BCUT2D eigenvalue weighted by molar-refractivity contribution is 6.20. The van der Waals surface area contributed by atoms with Gasteiger partial charge in [-0.1, -0.05) is 29.4 Å². The largest absolute Gasteiger partial charge is 0.410 e. The van der Waals surface area contributed by atoms with Crippen molar-refractivity contribution in [3.05, 3.63) is 52.4 Å². The van der Waals surface area contributed by atoms with E-state index < -0.39 is 0 Å². The molecule has 0 fully saturated rings. The molecule has 4 rings (SSSR count). The van der Waals surface area contributed by atoms with Crippen molar-refractivity contribution in [2.24, 2.45) is 5.16 Å². The maximum absolute atomic E-state index is 9.30. The number of hydrogen-bond acceptors (Lipinski definition) is 4. The van der Waals surface area contributed by atoms with Crippen LogP contribution in [0.4, 0.5) is 5.95 Å². The predicted octanol–water partition coefficient (Wildman–Crippen LogP) is 1.91. The van der Waals surface area contributed by atoms with Crippen LogP contribution in [0, 0.1) is 0 Å². The van der Waals surface area contributed by atoms with Crippen molar-refractivity contribution in [1.29, 1.82) is 0 Å². The third-order valence-corrected chi connectivity index (χ3v) is 3.87. The second-order valence-electron chi connectivity index (χ2n) is 4.88. The van der Waals surface area contributed by atoms with Crippen molar-refractivity contribution >= 4 is 17.7 Å². The van der Waals surface area contributed by atoms with E-state index in [1.54, 1.807) is 0 Å². The number of rotatable bonds is 0. The van der Waals surface area contributed by atoms with E-state index in [9.17, 15) is 5.21 Å². The fraction of sp³-hybridized carbons (Fsp3) is 0.143.